The second-order valence-corrected chi connectivity index (χ2v) is 5.95. The summed E-state index contributed by atoms with van der Waals surface area (Å²) in [5.41, 5.74) is 9.31. The van der Waals surface area contributed by atoms with E-state index in [2.05, 4.69) is 18.0 Å². The molecule has 2 N–H and O–H groups in total. The number of hydrogen-bond donors (Lipinski definition) is 1. The first kappa shape index (κ1) is 14.2. The van der Waals surface area contributed by atoms with Gasteiger partial charge in [-0.2, -0.15) is 0 Å². The lowest BCUT2D eigenvalue weighted by Gasteiger charge is -2.28. The molecule has 0 bridgehead atoms. The van der Waals surface area contributed by atoms with Crippen LogP contribution in [0.5, 0.6) is 0 Å². The van der Waals surface area contributed by atoms with E-state index in [1.807, 2.05) is 35.2 Å². The van der Waals surface area contributed by atoms with Gasteiger partial charge in [0.15, 0.2) is 5.96 Å². The molecule has 1 atom stereocenters. The first-order chi connectivity index (χ1) is 10.1. The second kappa shape index (κ2) is 5.58. The monoisotopic (exact) mass is 319 g/mol. The van der Waals surface area contributed by atoms with Crippen molar-refractivity contribution in [1.82, 2.24) is 0 Å². The van der Waals surface area contributed by atoms with Gasteiger partial charge in [0.1, 0.15) is 0 Å². The maximum absolute atomic E-state index is 6.12. The molecular formula is C16H15Cl2N3. The zero-order chi connectivity index (χ0) is 15.0. The molecule has 2 aromatic rings. The standard InChI is InChI=1S/C16H15Cl2N3/c1-10-4-2-3-5-14(10)21-15(9-20-16(21)19)11-6-12(17)8-13(18)7-11/h2-8,15H,9H2,1H3,(H2,19,20). The predicted octanol–water partition coefficient (Wildman–Crippen LogP) is 4.18. The van der Waals surface area contributed by atoms with Gasteiger partial charge in [0.2, 0.25) is 0 Å². The van der Waals surface area contributed by atoms with Gasteiger partial charge in [-0.1, -0.05) is 41.4 Å². The van der Waals surface area contributed by atoms with Crippen LogP contribution in [0, 0.1) is 6.92 Å². The van der Waals surface area contributed by atoms with Crippen LogP contribution in [0.3, 0.4) is 0 Å². The van der Waals surface area contributed by atoms with Gasteiger partial charge in [0, 0.05) is 15.7 Å². The molecular weight excluding hydrogens is 305 g/mol. The largest absolute Gasteiger partial charge is 0.369 e. The van der Waals surface area contributed by atoms with E-state index in [1.54, 1.807) is 6.07 Å². The van der Waals surface area contributed by atoms with Crippen molar-refractivity contribution in [3.05, 3.63) is 63.6 Å². The highest BCUT2D eigenvalue weighted by atomic mass is 35.5. The maximum Gasteiger partial charge on any atom is 0.196 e. The number of anilines is 1. The van der Waals surface area contributed by atoms with Crippen LogP contribution < -0.4 is 10.6 Å². The molecule has 0 aromatic heterocycles. The fourth-order valence-electron chi connectivity index (χ4n) is 2.64. The summed E-state index contributed by atoms with van der Waals surface area (Å²) in [5, 5.41) is 1.24. The molecule has 0 amide bonds. The molecule has 1 aliphatic heterocycles. The molecule has 5 heteroatoms. The van der Waals surface area contributed by atoms with Crippen molar-refractivity contribution in [1.29, 1.82) is 0 Å². The van der Waals surface area contributed by atoms with Gasteiger partial charge >= 0.3 is 0 Å². The summed E-state index contributed by atoms with van der Waals surface area (Å²) in [7, 11) is 0. The average molecular weight is 320 g/mol. The topological polar surface area (TPSA) is 41.6 Å². The number of benzene rings is 2. The number of para-hydroxylation sites is 1. The minimum atomic E-state index is 0.0160. The Labute approximate surface area is 134 Å². The van der Waals surface area contributed by atoms with E-state index < -0.39 is 0 Å². The molecule has 1 heterocycles. The number of guanidine groups is 1. The summed E-state index contributed by atoms with van der Waals surface area (Å²) in [6.07, 6.45) is 0. The van der Waals surface area contributed by atoms with Crippen molar-refractivity contribution in [2.24, 2.45) is 10.7 Å². The molecule has 1 aliphatic rings. The van der Waals surface area contributed by atoms with Crippen LogP contribution >= 0.6 is 23.2 Å². The van der Waals surface area contributed by atoms with Crippen molar-refractivity contribution in [2.45, 2.75) is 13.0 Å². The Bertz CT molecular complexity index is 692. The Morgan fingerprint density at radius 1 is 1.14 bits per heavy atom. The van der Waals surface area contributed by atoms with Crippen LogP contribution in [0.2, 0.25) is 10.0 Å². The van der Waals surface area contributed by atoms with Crippen LogP contribution in [0.1, 0.15) is 17.2 Å². The van der Waals surface area contributed by atoms with Crippen LogP contribution in [0.15, 0.2) is 47.5 Å². The highest BCUT2D eigenvalue weighted by Gasteiger charge is 2.30. The predicted molar refractivity (Wildman–Crippen MR) is 89.4 cm³/mol. The molecule has 21 heavy (non-hydrogen) atoms. The van der Waals surface area contributed by atoms with Gasteiger partial charge in [0.05, 0.1) is 12.6 Å². The average Bonchev–Trinajstić information content (AvgIpc) is 2.80. The van der Waals surface area contributed by atoms with Crippen molar-refractivity contribution < 1.29 is 0 Å². The summed E-state index contributed by atoms with van der Waals surface area (Å²) in [6.45, 7) is 2.65. The quantitative estimate of drug-likeness (QED) is 0.902. The fourth-order valence-corrected chi connectivity index (χ4v) is 3.19. The molecule has 0 saturated heterocycles. The second-order valence-electron chi connectivity index (χ2n) is 5.07. The van der Waals surface area contributed by atoms with Gasteiger partial charge in [-0.05, 0) is 42.3 Å². The van der Waals surface area contributed by atoms with Crippen LogP contribution in [-0.4, -0.2) is 12.5 Å². The molecule has 1 unspecified atom stereocenters. The summed E-state index contributed by atoms with van der Waals surface area (Å²) in [4.78, 5) is 6.43. The van der Waals surface area contributed by atoms with E-state index in [0.29, 0.717) is 22.5 Å². The fraction of sp³-hybridized carbons (Fsp3) is 0.188. The summed E-state index contributed by atoms with van der Waals surface area (Å²) in [6, 6.07) is 13.7. The third-order valence-electron chi connectivity index (χ3n) is 3.63. The van der Waals surface area contributed by atoms with Crippen LogP contribution in [-0.2, 0) is 0 Å². The van der Waals surface area contributed by atoms with E-state index >= 15 is 0 Å². The van der Waals surface area contributed by atoms with Crippen molar-refractivity contribution >= 4 is 34.8 Å². The molecule has 3 rings (SSSR count). The summed E-state index contributed by atoms with van der Waals surface area (Å²) >= 11 is 12.2. The number of aryl methyl sites for hydroxylation is 1. The summed E-state index contributed by atoms with van der Waals surface area (Å²) < 4.78 is 0. The number of halogens is 2. The van der Waals surface area contributed by atoms with E-state index in [0.717, 1.165) is 16.8 Å². The SMILES string of the molecule is Cc1ccccc1N1C(N)=NCC1c1cc(Cl)cc(Cl)c1. The lowest BCUT2D eigenvalue weighted by Crippen LogP contribution is -2.36. The third-order valence-corrected chi connectivity index (χ3v) is 4.07. The molecule has 108 valence electrons. The van der Waals surface area contributed by atoms with Crippen molar-refractivity contribution in [2.75, 3.05) is 11.4 Å². The molecule has 0 radical (unpaired) electrons. The van der Waals surface area contributed by atoms with Gasteiger partial charge in [-0.25, -0.2) is 0 Å². The molecule has 2 aromatic carbocycles. The number of hydrogen-bond acceptors (Lipinski definition) is 3. The van der Waals surface area contributed by atoms with Gasteiger partial charge in [0.25, 0.3) is 0 Å². The molecule has 0 aliphatic carbocycles. The van der Waals surface area contributed by atoms with Crippen molar-refractivity contribution in [3.8, 4) is 0 Å². The van der Waals surface area contributed by atoms with Crippen molar-refractivity contribution in [3.63, 3.8) is 0 Å². The third kappa shape index (κ3) is 2.71. The minimum Gasteiger partial charge on any atom is -0.369 e. The zero-order valence-corrected chi connectivity index (χ0v) is 13.1. The number of nitrogens with zero attached hydrogens (tertiary/aromatic N) is 2. The number of aliphatic imine (C=N–C) groups is 1. The first-order valence-corrected chi connectivity index (χ1v) is 7.42. The Kier molecular flexibility index (Phi) is 3.79. The number of nitrogens with two attached hydrogens (primary N) is 1. The number of rotatable bonds is 2. The maximum atomic E-state index is 6.12. The summed E-state index contributed by atoms with van der Waals surface area (Å²) in [5.74, 6) is 0.519. The van der Waals surface area contributed by atoms with Gasteiger partial charge < -0.3 is 10.6 Å². The van der Waals surface area contributed by atoms with E-state index in [9.17, 15) is 0 Å². The zero-order valence-electron chi connectivity index (χ0n) is 11.6. The minimum absolute atomic E-state index is 0.0160. The Morgan fingerprint density at radius 3 is 2.48 bits per heavy atom. The van der Waals surface area contributed by atoms with E-state index in [1.165, 1.54) is 0 Å². The molecule has 3 nitrogen and oxygen atoms in total. The van der Waals surface area contributed by atoms with E-state index in [4.69, 9.17) is 28.9 Å². The highest BCUT2D eigenvalue weighted by molar-refractivity contribution is 6.34. The molecule has 0 fully saturated rings. The van der Waals surface area contributed by atoms with Crippen LogP contribution in [0.4, 0.5) is 5.69 Å². The highest BCUT2D eigenvalue weighted by Crippen LogP contribution is 2.35. The van der Waals surface area contributed by atoms with Gasteiger partial charge in [-0.3, -0.25) is 4.99 Å². The van der Waals surface area contributed by atoms with Crippen LogP contribution in [0.25, 0.3) is 0 Å². The Morgan fingerprint density at radius 2 is 1.81 bits per heavy atom. The van der Waals surface area contributed by atoms with Gasteiger partial charge in [-0.15, -0.1) is 0 Å². The molecule has 0 spiro atoms. The lowest BCUT2D eigenvalue weighted by molar-refractivity contribution is 0.767. The molecule has 0 saturated carbocycles. The van der Waals surface area contributed by atoms with E-state index in [-0.39, 0.29) is 6.04 Å². The lowest BCUT2D eigenvalue weighted by atomic mass is 10.0. The Balaban J connectivity index is 2.05. The Hall–Kier alpha value is -1.71. The first-order valence-electron chi connectivity index (χ1n) is 6.67. The smallest absolute Gasteiger partial charge is 0.196 e. The normalized spacial score (nSPS) is 18.0.